The Balaban J connectivity index is 1.50. The van der Waals surface area contributed by atoms with Gasteiger partial charge < -0.3 is 5.32 Å². The van der Waals surface area contributed by atoms with Gasteiger partial charge in [-0.2, -0.15) is 5.11 Å². The average molecular weight is 453 g/mol. The molecule has 8 nitrogen and oxygen atoms in total. The van der Waals surface area contributed by atoms with Crippen LogP contribution in [0, 0.1) is 0 Å². The number of hydrogen-bond acceptors (Lipinski definition) is 6. The topological polar surface area (TPSA) is 94.4 Å². The second-order valence-electron chi connectivity index (χ2n) is 6.35. The zero-order valence-electron chi connectivity index (χ0n) is 14.6. The molecule has 148 valence electrons. The molecule has 2 aromatic rings. The Morgan fingerprint density at radius 1 is 1.00 bits per heavy atom. The summed E-state index contributed by atoms with van der Waals surface area (Å²) in [6.45, 7) is -0.255. The molecule has 0 unspecified atom stereocenters. The molecule has 2 atom stereocenters. The predicted octanol–water partition coefficient (Wildman–Crippen LogP) is 3.58. The Kier molecular flexibility index (Phi) is 5.16. The summed E-state index contributed by atoms with van der Waals surface area (Å²) in [4.78, 5) is 38.9. The Morgan fingerprint density at radius 3 is 2.38 bits per heavy atom. The highest BCUT2D eigenvalue weighted by Crippen LogP contribution is 2.36. The molecule has 0 radical (unpaired) electrons. The molecule has 0 saturated carbocycles. The third kappa shape index (κ3) is 3.66. The van der Waals surface area contributed by atoms with Crippen LogP contribution >= 0.6 is 34.8 Å². The van der Waals surface area contributed by atoms with E-state index in [2.05, 4.69) is 15.7 Å². The van der Waals surface area contributed by atoms with Crippen molar-refractivity contribution in [1.82, 2.24) is 5.01 Å². The molecule has 1 N–H and O–H groups in total. The van der Waals surface area contributed by atoms with E-state index < -0.39 is 29.8 Å². The van der Waals surface area contributed by atoms with Gasteiger partial charge in [0.1, 0.15) is 6.54 Å². The smallest absolute Gasteiger partial charge is 0.263 e. The molecule has 0 aliphatic carbocycles. The largest absolute Gasteiger partial charge is 0.324 e. The molecular formula is C18H12Cl3N5O3. The number of imide groups is 1. The zero-order chi connectivity index (χ0) is 20.7. The molecular weight excluding hydrogens is 441 g/mol. The third-order valence-electron chi connectivity index (χ3n) is 4.44. The maximum absolute atomic E-state index is 12.9. The lowest BCUT2D eigenvalue weighted by Crippen LogP contribution is -2.43. The first kappa shape index (κ1) is 19.6. The standard InChI is InChI=1S/C18H12Cl3N5O3/c19-9-1-4-11(5-2-9)22-14(27)8-25-16-15(23-24-25)17(28)26(18(16)29)13-6-3-10(20)7-12(13)21/h1-7,15-16H,8H2,(H,22,27)/t15-,16-/m0/s1. The first-order valence-corrected chi connectivity index (χ1v) is 9.54. The van der Waals surface area contributed by atoms with Crippen molar-refractivity contribution in [3.8, 4) is 0 Å². The Morgan fingerprint density at radius 2 is 1.69 bits per heavy atom. The van der Waals surface area contributed by atoms with E-state index in [1.165, 1.54) is 23.2 Å². The van der Waals surface area contributed by atoms with Gasteiger partial charge >= 0.3 is 0 Å². The van der Waals surface area contributed by atoms with Crippen molar-refractivity contribution < 1.29 is 14.4 Å². The van der Waals surface area contributed by atoms with E-state index in [1.807, 2.05) is 0 Å². The number of carbonyl (C=O) groups excluding carboxylic acids is 3. The Labute approximate surface area is 180 Å². The van der Waals surface area contributed by atoms with Crippen molar-refractivity contribution >= 4 is 63.9 Å². The van der Waals surface area contributed by atoms with Gasteiger partial charge in [-0.25, -0.2) is 4.90 Å². The number of nitrogens with one attached hydrogen (secondary N) is 1. The fourth-order valence-corrected chi connectivity index (χ4v) is 3.75. The molecule has 3 amide bonds. The second-order valence-corrected chi connectivity index (χ2v) is 7.63. The van der Waals surface area contributed by atoms with Gasteiger partial charge in [-0.15, -0.1) is 0 Å². The SMILES string of the molecule is O=C(CN1N=N[C@@H]2C(=O)N(c3ccc(Cl)cc3Cl)C(=O)[C@H]21)Nc1ccc(Cl)cc1. The lowest BCUT2D eigenvalue weighted by Gasteiger charge is -2.20. The quantitative estimate of drug-likeness (QED) is 0.717. The summed E-state index contributed by atoms with van der Waals surface area (Å²) < 4.78 is 0. The van der Waals surface area contributed by atoms with Crippen LogP contribution in [0.15, 0.2) is 52.8 Å². The van der Waals surface area contributed by atoms with Gasteiger partial charge in [0.25, 0.3) is 11.8 Å². The first-order chi connectivity index (χ1) is 13.8. The monoisotopic (exact) mass is 451 g/mol. The van der Waals surface area contributed by atoms with E-state index in [1.54, 1.807) is 24.3 Å². The van der Waals surface area contributed by atoms with Crippen molar-refractivity contribution in [2.45, 2.75) is 12.1 Å². The van der Waals surface area contributed by atoms with Gasteiger partial charge in [-0.3, -0.25) is 19.4 Å². The fraction of sp³-hybridized carbons (Fsp3) is 0.167. The summed E-state index contributed by atoms with van der Waals surface area (Å²) in [5, 5.41) is 12.6. The highest BCUT2D eigenvalue weighted by atomic mass is 35.5. The molecule has 4 rings (SSSR count). The summed E-state index contributed by atoms with van der Waals surface area (Å²) in [5.74, 6) is -1.54. The lowest BCUT2D eigenvalue weighted by atomic mass is 10.1. The molecule has 2 aromatic carbocycles. The minimum Gasteiger partial charge on any atom is -0.324 e. The van der Waals surface area contributed by atoms with E-state index in [-0.39, 0.29) is 17.3 Å². The number of amides is 3. The van der Waals surface area contributed by atoms with Crippen LogP contribution in [-0.4, -0.2) is 41.4 Å². The van der Waals surface area contributed by atoms with Crippen molar-refractivity contribution in [2.24, 2.45) is 10.3 Å². The molecule has 0 bridgehead atoms. The molecule has 0 spiro atoms. The Hall–Kier alpha value is -2.68. The van der Waals surface area contributed by atoms with Crippen LogP contribution in [0.2, 0.25) is 15.1 Å². The normalized spacial score (nSPS) is 20.4. The van der Waals surface area contributed by atoms with Gasteiger partial charge in [0.05, 0.1) is 10.7 Å². The molecule has 1 saturated heterocycles. The number of carbonyl (C=O) groups is 3. The molecule has 2 aliphatic heterocycles. The lowest BCUT2D eigenvalue weighted by molar-refractivity contribution is -0.123. The van der Waals surface area contributed by atoms with Gasteiger partial charge in [-0.1, -0.05) is 40.0 Å². The maximum atomic E-state index is 12.9. The second kappa shape index (κ2) is 7.62. The number of halogens is 3. The fourth-order valence-electron chi connectivity index (χ4n) is 3.13. The highest BCUT2D eigenvalue weighted by Gasteiger charge is 2.55. The van der Waals surface area contributed by atoms with Crippen LogP contribution in [-0.2, 0) is 14.4 Å². The number of nitrogens with zero attached hydrogens (tertiary/aromatic N) is 4. The Bertz CT molecular complexity index is 1040. The molecule has 11 heteroatoms. The predicted molar refractivity (Wildman–Crippen MR) is 108 cm³/mol. The van der Waals surface area contributed by atoms with E-state index in [4.69, 9.17) is 34.8 Å². The summed E-state index contributed by atoms with van der Waals surface area (Å²) >= 11 is 17.8. The van der Waals surface area contributed by atoms with Crippen LogP contribution in [0.4, 0.5) is 11.4 Å². The number of hydrogen-bond donors (Lipinski definition) is 1. The maximum Gasteiger partial charge on any atom is 0.263 e. The van der Waals surface area contributed by atoms with Crippen molar-refractivity contribution in [2.75, 3.05) is 16.8 Å². The van der Waals surface area contributed by atoms with E-state index in [9.17, 15) is 14.4 Å². The van der Waals surface area contributed by atoms with Crippen LogP contribution in [0.5, 0.6) is 0 Å². The van der Waals surface area contributed by atoms with Crippen molar-refractivity contribution in [3.05, 3.63) is 57.5 Å². The van der Waals surface area contributed by atoms with E-state index >= 15 is 0 Å². The van der Waals surface area contributed by atoms with Crippen LogP contribution in [0.25, 0.3) is 0 Å². The molecule has 29 heavy (non-hydrogen) atoms. The minimum atomic E-state index is -1.03. The van der Waals surface area contributed by atoms with Crippen molar-refractivity contribution in [1.29, 1.82) is 0 Å². The van der Waals surface area contributed by atoms with Gasteiger partial charge in [-0.05, 0) is 42.5 Å². The highest BCUT2D eigenvalue weighted by molar-refractivity contribution is 6.38. The average Bonchev–Trinajstić information content (AvgIpc) is 3.18. The van der Waals surface area contributed by atoms with E-state index in [0.717, 1.165) is 4.90 Å². The number of rotatable bonds is 4. The summed E-state index contributed by atoms with van der Waals surface area (Å²) in [5.41, 5.74) is 0.747. The molecule has 0 aromatic heterocycles. The number of anilines is 2. The van der Waals surface area contributed by atoms with Crippen LogP contribution < -0.4 is 10.2 Å². The van der Waals surface area contributed by atoms with Crippen molar-refractivity contribution in [3.63, 3.8) is 0 Å². The molecule has 2 aliphatic rings. The summed E-state index contributed by atoms with van der Waals surface area (Å²) in [6.07, 6.45) is 0. The van der Waals surface area contributed by atoms with Crippen LogP contribution in [0.3, 0.4) is 0 Å². The van der Waals surface area contributed by atoms with Crippen LogP contribution in [0.1, 0.15) is 0 Å². The minimum absolute atomic E-state index is 0.156. The third-order valence-corrected chi connectivity index (χ3v) is 5.23. The van der Waals surface area contributed by atoms with Gasteiger partial charge in [0, 0.05) is 15.7 Å². The van der Waals surface area contributed by atoms with Gasteiger partial charge in [0.15, 0.2) is 12.1 Å². The van der Waals surface area contributed by atoms with Gasteiger partial charge in [0.2, 0.25) is 5.91 Å². The molecule has 1 fully saturated rings. The number of fused-ring (bicyclic) bond motifs is 1. The zero-order valence-corrected chi connectivity index (χ0v) is 16.8. The summed E-state index contributed by atoms with van der Waals surface area (Å²) in [6, 6.07) is 8.96. The van der Waals surface area contributed by atoms with E-state index in [0.29, 0.717) is 15.7 Å². The summed E-state index contributed by atoms with van der Waals surface area (Å²) in [7, 11) is 0. The number of benzene rings is 2. The molecule has 2 heterocycles. The first-order valence-electron chi connectivity index (χ1n) is 8.41.